The Balaban J connectivity index is 0.00000169. The Morgan fingerprint density at radius 1 is 0.958 bits per heavy atom. The molecule has 0 bridgehead atoms. The fraction of sp³-hybridized carbons (Fsp3) is 0. The number of anilines is 1. The second kappa shape index (κ2) is 6.55. The molecule has 0 saturated heterocycles. The highest BCUT2D eigenvalue weighted by Gasteiger charge is 2.14. The zero-order valence-corrected chi connectivity index (χ0v) is 13.3. The number of nitrogens with zero attached hydrogens (tertiary/aromatic N) is 3. The van der Waals surface area contributed by atoms with Gasteiger partial charge < -0.3 is 15.5 Å². The zero-order valence-electron chi connectivity index (χ0n) is 12.5. The lowest BCUT2D eigenvalue weighted by molar-refractivity contribution is 0.488. The van der Waals surface area contributed by atoms with Gasteiger partial charge in [-0.3, -0.25) is 0 Å². The molecule has 120 valence electrons. The van der Waals surface area contributed by atoms with E-state index in [0.717, 1.165) is 28.0 Å². The summed E-state index contributed by atoms with van der Waals surface area (Å²) < 4.78 is 6.01. The van der Waals surface area contributed by atoms with Crippen LogP contribution in [0.25, 0.3) is 22.3 Å². The first-order valence-electron chi connectivity index (χ1n) is 7.09. The van der Waals surface area contributed by atoms with Gasteiger partial charge in [-0.1, -0.05) is 18.2 Å². The van der Waals surface area contributed by atoms with Crippen LogP contribution >= 0.6 is 12.4 Å². The number of aromatic nitrogens is 4. The minimum absolute atomic E-state index is 0. The van der Waals surface area contributed by atoms with Crippen molar-refractivity contribution in [3.8, 4) is 22.8 Å². The lowest BCUT2D eigenvalue weighted by Crippen LogP contribution is -1.95. The van der Waals surface area contributed by atoms with Crippen LogP contribution in [0.4, 0.5) is 5.95 Å². The van der Waals surface area contributed by atoms with Gasteiger partial charge >= 0.3 is 0 Å². The molecule has 7 heteroatoms. The van der Waals surface area contributed by atoms with Crippen molar-refractivity contribution < 1.29 is 4.74 Å². The van der Waals surface area contributed by atoms with Crippen LogP contribution < -0.4 is 10.5 Å². The van der Waals surface area contributed by atoms with E-state index in [9.17, 15) is 0 Å². The van der Waals surface area contributed by atoms with Crippen LogP contribution in [0, 0.1) is 0 Å². The number of hydrogen-bond donors (Lipinski definition) is 2. The predicted octanol–water partition coefficient (Wildman–Crippen LogP) is 3.82. The number of nitrogen functional groups attached to an aromatic ring is 1. The lowest BCUT2D eigenvalue weighted by atomic mass is 10.1. The Labute approximate surface area is 144 Å². The topological polar surface area (TPSA) is 89.7 Å². The van der Waals surface area contributed by atoms with Crippen LogP contribution in [0.2, 0.25) is 0 Å². The Hall–Kier alpha value is -3.12. The van der Waals surface area contributed by atoms with Crippen LogP contribution in [0.1, 0.15) is 0 Å². The van der Waals surface area contributed by atoms with Gasteiger partial charge in [0.25, 0.3) is 0 Å². The largest absolute Gasteiger partial charge is 0.457 e. The van der Waals surface area contributed by atoms with Crippen molar-refractivity contribution in [1.82, 2.24) is 19.9 Å². The van der Waals surface area contributed by atoms with Gasteiger partial charge in [-0.15, -0.1) is 12.4 Å². The Kier molecular flexibility index (Phi) is 4.31. The molecule has 4 aromatic rings. The van der Waals surface area contributed by atoms with E-state index in [1.54, 1.807) is 18.5 Å². The molecule has 0 unspecified atom stereocenters. The first-order chi connectivity index (χ1) is 11.3. The molecule has 3 N–H and O–H groups in total. The molecule has 4 rings (SSSR count). The van der Waals surface area contributed by atoms with E-state index in [0.29, 0.717) is 5.75 Å². The first kappa shape index (κ1) is 15.8. The van der Waals surface area contributed by atoms with Gasteiger partial charge in [0, 0.05) is 24.2 Å². The summed E-state index contributed by atoms with van der Waals surface area (Å²) in [6, 6.07) is 13.2. The van der Waals surface area contributed by atoms with Crippen LogP contribution in [-0.2, 0) is 0 Å². The number of nitrogens with one attached hydrogen (secondary N) is 1. The minimum atomic E-state index is 0. The van der Waals surface area contributed by atoms with Gasteiger partial charge in [0.05, 0.1) is 11.1 Å². The summed E-state index contributed by atoms with van der Waals surface area (Å²) in [5, 5.41) is 0.856. The highest BCUT2D eigenvalue weighted by atomic mass is 35.5. The van der Waals surface area contributed by atoms with Gasteiger partial charge in [-0.25, -0.2) is 15.0 Å². The van der Waals surface area contributed by atoms with Crippen LogP contribution in [0.5, 0.6) is 11.5 Å². The van der Waals surface area contributed by atoms with E-state index in [4.69, 9.17) is 10.5 Å². The molecule has 0 fully saturated rings. The third-order valence-corrected chi connectivity index (χ3v) is 3.46. The maximum Gasteiger partial charge on any atom is 0.220 e. The maximum absolute atomic E-state index is 6.01. The molecule has 0 radical (unpaired) electrons. The second-order valence-corrected chi connectivity index (χ2v) is 4.95. The highest BCUT2D eigenvalue weighted by Crippen LogP contribution is 2.35. The summed E-state index contributed by atoms with van der Waals surface area (Å²) in [6.45, 7) is 0. The van der Waals surface area contributed by atoms with Crippen molar-refractivity contribution in [2.45, 2.75) is 0 Å². The number of hydrogen-bond acceptors (Lipinski definition) is 5. The summed E-state index contributed by atoms with van der Waals surface area (Å²) in [7, 11) is 0. The predicted molar refractivity (Wildman–Crippen MR) is 95.3 cm³/mol. The number of H-pyrrole nitrogens is 1. The van der Waals surface area contributed by atoms with Crippen molar-refractivity contribution >= 4 is 29.4 Å². The molecular formula is C17H14ClN5O. The van der Waals surface area contributed by atoms with Gasteiger partial charge in [-0.05, 0) is 24.3 Å². The number of aromatic amines is 1. The standard InChI is InChI=1S/C17H13N5O.ClH/c18-17-20-8-6-13(22-17)12-10-21-16-15(12)14(7-9-19-16)23-11-4-2-1-3-5-11;/h1-10H,(H,19,21)(H2,18,20,22);1H. The third-order valence-electron chi connectivity index (χ3n) is 3.46. The maximum atomic E-state index is 6.01. The summed E-state index contributed by atoms with van der Waals surface area (Å²) in [5.41, 5.74) is 8.00. The number of nitrogens with two attached hydrogens (primary N) is 1. The van der Waals surface area contributed by atoms with Gasteiger partial charge in [0.2, 0.25) is 5.95 Å². The summed E-state index contributed by atoms with van der Waals surface area (Å²) in [6.07, 6.45) is 5.18. The molecular weight excluding hydrogens is 326 g/mol. The fourth-order valence-electron chi connectivity index (χ4n) is 2.45. The molecule has 0 aliphatic rings. The van der Waals surface area contributed by atoms with E-state index in [2.05, 4.69) is 19.9 Å². The fourth-order valence-corrected chi connectivity index (χ4v) is 2.45. The summed E-state index contributed by atoms with van der Waals surface area (Å²) >= 11 is 0. The van der Waals surface area contributed by atoms with Crippen molar-refractivity contribution in [2.24, 2.45) is 0 Å². The smallest absolute Gasteiger partial charge is 0.220 e. The number of benzene rings is 1. The first-order valence-corrected chi connectivity index (χ1v) is 7.09. The lowest BCUT2D eigenvalue weighted by Gasteiger charge is -2.08. The van der Waals surface area contributed by atoms with Crippen molar-refractivity contribution in [2.75, 3.05) is 5.73 Å². The Morgan fingerprint density at radius 2 is 1.75 bits per heavy atom. The van der Waals surface area contributed by atoms with E-state index in [1.807, 2.05) is 42.6 Å². The molecule has 0 spiro atoms. The molecule has 24 heavy (non-hydrogen) atoms. The molecule has 0 atom stereocenters. The van der Waals surface area contributed by atoms with Crippen LogP contribution in [0.3, 0.4) is 0 Å². The number of rotatable bonds is 3. The quantitative estimate of drug-likeness (QED) is 0.592. The van der Waals surface area contributed by atoms with Crippen molar-refractivity contribution in [1.29, 1.82) is 0 Å². The van der Waals surface area contributed by atoms with E-state index >= 15 is 0 Å². The molecule has 0 aliphatic carbocycles. The number of fused-ring (bicyclic) bond motifs is 1. The van der Waals surface area contributed by atoms with Crippen molar-refractivity contribution in [3.63, 3.8) is 0 Å². The van der Waals surface area contributed by atoms with E-state index in [-0.39, 0.29) is 18.4 Å². The number of para-hydroxylation sites is 1. The van der Waals surface area contributed by atoms with E-state index in [1.165, 1.54) is 0 Å². The third kappa shape index (κ3) is 2.87. The molecule has 1 aromatic carbocycles. The normalized spacial score (nSPS) is 10.3. The molecule has 0 saturated carbocycles. The van der Waals surface area contributed by atoms with Gasteiger partial charge in [0.1, 0.15) is 17.1 Å². The van der Waals surface area contributed by atoms with E-state index < -0.39 is 0 Å². The highest BCUT2D eigenvalue weighted by molar-refractivity contribution is 5.97. The SMILES string of the molecule is Cl.Nc1nccc(-c2c[nH]c3nccc(Oc4ccccc4)c23)n1. The van der Waals surface area contributed by atoms with Crippen molar-refractivity contribution in [3.05, 3.63) is 61.1 Å². The molecule has 3 heterocycles. The number of halogens is 1. The summed E-state index contributed by atoms with van der Waals surface area (Å²) in [5.74, 6) is 1.69. The Morgan fingerprint density at radius 3 is 2.54 bits per heavy atom. The molecule has 0 aliphatic heterocycles. The monoisotopic (exact) mass is 339 g/mol. The van der Waals surface area contributed by atoms with Crippen LogP contribution in [-0.4, -0.2) is 19.9 Å². The average molecular weight is 340 g/mol. The molecule has 0 amide bonds. The minimum Gasteiger partial charge on any atom is -0.457 e. The average Bonchev–Trinajstić information content (AvgIpc) is 3.01. The second-order valence-electron chi connectivity index (χ2n) is 4.95. The van der Waals surface area contributed by atoms with Gasteiger partial charge in [-0.2, -0.15) is 0 Å². The van der Waals surface area contributed by atoms with Crippen LogP contribution in [0.15, 0.2) is 61.1 Å². The van der Waals surface area contributed by atoms with Gasteiger partial charge in [0.15, 0.2) is 0 Å². The number of ether oxygens (including phenoxy) is 1. The molecule has 3 aromatic heterocycles. The number of pyridine rings is 1. The Bertz CT molecular complexity index is 971. The zero-order chi connectivity index (χ0) is 15.6. The molecule has 6 nitrogen and oxygen atoms in total. The summed E-state index contributed by atoms with van der Waals surface area (Å²) in [4.78, 5) is 15.7.